The second kappa shape index (κ2) is 12.7. The van der Waals surface area contributed by atoms with Gasteiger partial charge in [-0.05, 0) is 77.9 Å². The number of ether oxygens (including phenoxy) is 5. The molecule has 0 radical (unpaired) electrons. The van der Waals surface area contributed by atoms with Crippen LogP contribution in [0.2, 0.25) is 0 Å². The Hall–Kier alpha value is -3.58. The van der Waals surface area contributed by atoms with E-state index in [9.17, 15) is 9.59 Å². The SMILES string of the molecule is C=CCOc1c(I)cc(/C=c2/sc3n(c2=O)[C@H](c2ccc(OC)c(OC)c2)C(C(=O)OCC)=C(C)N=3)cc1OC. The van der Waals surface area contributed by atoms with Crippen LogP contribution in [0.25, 0.3) is 6.08 Å². The third-order valence-corrected chi connectivity index (χ3v) is 7.92. The molecule has 1 atom stereocenters. The second-order valence-corrected chi connectivity index (χ2v) is 10.7. The van der Waals surface area contributed by atoms with Crippen LogP contribution >= 0.6 is 33.9 Å². The van der Waals surface area contributed by atoms with Crippen LogP contribution in [0.1, 0.15) is 31.0 Å². The van der Waals surface area contributed by atoms with E-state index in [0.717, 1.165) is 9.13 Å². The van der Waals surface area contributed by atoms with E-state index in [1.165, 1.54) is 23.0 Å². The minimum Gasteiger partial charge on any atom is -0.493 e. The van der Waals surface area contributed by atoms with Gasteiger partial charge in [0.15, 0.2) is 27.8 Å². The van der Waals surface area contributed by atoms with Gasteiger partial charge in [-0.3, -0.25) is 9.36 Å². The molecule has 0 spiro atoms. The number of halogens is 1. The van der Waals surface area contributed by atoms with Crippen molar-refractivity contribution in [2.24, 2.45) is 4.99 Å². The molecule has 210 valence electrons. The molecule has 1 aromatic heterocycles. The van der Waals surface area contributed by atoms with Crippen LogP contribution in [0.5, 0.6) is 23.0 Å². The van der Waals surface area contributed by atoms with E-state index in [1.54, 1.807) is 64.5 Å². The minimum atomic E-state index is -0.776. The third kappa shape index (κ3) is 5.66. The Morgan fingerprint density at radius 3 is 2.50 bits per heavy atom. The molecule has 0 bridgehead atoms. The number of benzene rings is 2. The summed E-state index contributed by atoms with van der Waals surface area (Å²) in [6, 6.07) is 8.23. The van der Waals surface area contributed by atoms with Gasteiger partial charge in [0.05, 0.1) is 53.4 Å². The van der Waals surface area contributed by atoms with Gasteiger partial charge < -0.3 is 23.7 Å². The van der Waals surface area contributed by atoms with Crippen molar-refractivity contribution in [3.8, 4) is 23.0 Å². The Kier molecular flexibility index (Phi) is 9.36. The topological polar surface area (TPSA) is 97.6 Å². The van der Waals surface area contributed by atoms with E-state index in [4.69, 9.17) is 23.7 Å². The highest BCUT2D eigenvalue weighted by Crippen LogP contribution is 2.36. The van der Waals surface area contributed by atoms with Crippen LogP contribution in [-0.2, 0) is 9.53 Å². The summed E-state index contributed by atoms with van der Waals surface area (Å²) < 4.78 is 30.4. The molecule has 40 heavy (non-hydrogen) atoms. The molecule has 4 rings (SSSR count). The third-order valence-electron chi connectivity index (χ3n) is 6.14. The number of nitrogens with zero attached hydrogens (tertiary/aromatic N) is 2. The van der Waals surface area contributed by atoms with Gasteiger partial charge in [-0.1, -0.05) is 30.1 Å². The van der Waals surface area contributed by atoms with E-state index >= 15 is 0 Å². The zero-order chi connectivity index (χ0) is 29.0. The predicted molar refractivity (Wildman–Crippen MR) is 161 cm³/mol. The van der Waals surface area contributed by atoms with E-state index in [0.29, 0.717) is 50.2 Å². The summed E-state index contributed by atoms with van der Waals surface area (Å²) in [5.41, 5.74) is 1.88. The first kappa shape index (κ1) is 29.4. The van der Waals surface area contributed by atoms with Crippen molar-refractivity contribution in [2.45, 2.75) is 19.9 Å². The summed E-state index contributed by atoms with van der Waals surface area (Å²) in [6.07, 6.45) is 3.44. The number of carbonyl (C=O) groups is 1. The zero-order valence-electron chi connectivity index (χ0n) is 22.8. The fraction of sp³-hybridized carbons (Fsp3) is 0.276. The monoisotopic (exact) mass is 676 g/mol. The lowest BCUT2D eigenvalue weighted by Crippen LogP contribution is -2.40. The molecule has 0 unspecified atom stereocenters. The van der Waals surface area contributed by atoms with Gasteiger partial charge >= 0.3 is 5.97 Å². The largest absolute Gasteiger partial charge is 0.493 e. The number of hydrogen-bond donors (Lipinski definition) is 0. The number of rotatable bonds is 10. The van der Waals surface area contributed by atoms with Gasteiger partial charge in [0, 0.05) is 0 Å². The van der Waals surface area contributed by atoms with E-state index in [1.807, 2.05) is 6.07 Å². The van der Waals surface area contributed by atoms with Crippen molar-refractivity contribution in [3.05, 3.63) is 88.6 Å². The lowest BCUT2D eigenvalue weighted by molar-refractivity contribution is -0.139. The number of thiazole rings is 1. The molecule has 1 aliphatic heterocycles. The molecule has 2 heterocycles. The van der Waals surface area contributed by atoms with Gasteiger partial charge in [0.25, 0.3) is 5.56 Å². The minimum absolute atomic E-state index is 0.186. The zero-order valence-corrected chi connectivity index (χ0v) is 25.8. The highest BCUT2D eigenvalue weighted by Gasteiger charge is 2.34. The van der Waals surface area contributed by atoms with Crippen LogP contribution in [-0.4, -0.2) is 45.1 Å². The summed E-state index contributed by atoms with van der Waals surface area (Å²) in [4.78, 5) is 32.2. The quantitative estimate of drug-likeness (QED) is 0.182. The fourth-order valence-electron chi connectivity index (χ4n) is 4.39. The van der Waals surface area contributed by atoms with Gasteiger partial charge in [-0.15, -0.1) is 0 Å². The molecule has 0 fully saturated rings. The molecular formula is C29H29IN2O7S. The summed E-state index contributed by atoms with van der Waals surface area (Å²) in [7, 11) is 4.64. The molecule has 11 heteroatoms. The van der Waals surface area contributed by atoms with Crippen LogP contribution in [0.4, 0.5) is 0 Å². The first-order chi connectivity index (χ1) is 19.3. The Morgan fingerprint density at radius 1 is 1.12 bits per heavy atom. The van der Waals surface area contributed by atoms with Crippen LogP contribution < -0.4 is 33.8 Å². The molecule has 2 aromatic carbocycles. The van der Waals surface area contributed by atoms with Crippen molar-refractivity contribution in [1.29, 1.82) is 0 Å². The molecule has 0 aliphatic carbocycles. The molecular weight excluding hydrogens is 647 g/mol. The average Bonchev–Trinajstić information content (AvgIpc) is 3.24. The van der Waals surface area contributed by atoms with Gasteiger partial charge in [0.1, 0.15) is 6.61 Å². The number of hydrogen-bond acceptors (Lipinski definition) is 9. The first-order valence-corrected chi connectivity index (χ1v) is 14.2. The normalized spacial score (nSPS) is 14.8. The van der Waals surface area contributed by atoms with Crippen molar-refractivity contribution in [3.63, 3.8) is 0 Å². The second-order valence-electron chi connectivity index (χ2n) is 8.55. The summed E-state index contributed by atoms with van der Waals surface area (Å²) in [6.45, 7) is 7.69. The van der Waals surface area contributed by atoms with Crippen molar-refractivity contribution in [1.82, 2.24) is 4.57 Å². The molecule has 1 aliphatic rings. The summed E-state index contributed by atoms with van der Waals surface area (Å²) >= 11 is 3.41. The smallest absolute Gasteiger partial charge is 0.338 e. The van der Waals surface area contributed by atoms with E-state index in [2.05, 4.69) is 34.2 Å². The van der Waals surface area contributed by atoms with Gasteiger partial charge in [-0.25, -0.2) is 9.79 Å². The van der Waals surface area contributed by atoms with Gasteiger partial charge in [0.2, 0.25) is 0 Å². The fourth-order valence-corrected chi connectivity index (χ4v) is 6.21. The predicted octanol–water partition coefficient (Wildman–Crippen LogP) is 3.99. The van der Waals surface area contributed by atoms with E-state index < -0.39 is 12.0 Å². The number of allylic oxidation sites excluding steroid dienone is 1. The first-order valence-electron chi connectivity index (χ1n) is 12.3. The van der Waals surface area contributed by atoms with Crippen LogP contribution in [0.3, 0.4) is 0 Å². The number of fused-ring (bicyclic) bond motifs is 1. The molecule has 0 saturated carbocycles. The van der Waals surface area contributed by atoms with Crippen molar-refractivity contribution < 1.29 is 28.5 Å². The number of methoxy groups -OCH3 is 3. The van der Waals surface area contributed by atoms with Crippen LogP contribution in [0.15, 0.2) is 64.0 Å². The Balaban J connectivity index is 1.93. The number of esters is 1. The Labute approximate surface area is 249 Å². The maximum Gasteiger partial charge on any atom is 0.338 e. The molecule has 0 saturated heterocycles. The standard InChI is InChI=1S/C29H29IN2O7S/c1-7-11-39-26-19(30)12-17(13-22(26)37-6)14-23-27(33)32-25(18-9-10-20(35-4)21(15-18)36-5)24(28(34)38-8-2)16(3)31-29(32)40-23/h7,9-10,12-15,25H,1,8,11H2,2-6H3/b23-14+/t25-/m1/s1. The maximum atomic E-state index is 13.9. The highest BCUT2D eigenvalue weighted by atomic mass is 127. The Morgan fingerprint density at radius 2 is 1.85 bits per heavy atom. The molecule has 0 amide bonds. The summed E-state index contributed by atoms with van der Waals surface area (Å²) in [5, 5.41) is 0. The number of aromatic nitrogens is 1. The van der Waals surface area contributed by atoms with Crippen molar-refractivity contribution in [2.75, 3.05) is 34.5 Å². The highest BCUT2D eigenvalue weighted by molar-refractivity contribution is 14.1. The molecule has 3 aromatic rings. The average molecular weight is 677 g/mol. The lowest BCUT2D eigenvalue weighted by Gasteiger charge is -2.25. The van der Waals surface area contributed by atoms with Crippen molar-refractivity contribution >= 4 is 46.0 Å². The summed E-state index contributed by atoms with van der Waals surface area (Å²) in [5.74, 6) is 1.61. The number of carbonyl (C=O) groups excluding carboxylic acids is 1. The molecule has 0 N–H and O–H groups in total. The molecule has 9 nitrogen and oxygen atoms in total. The van der Waals surface area contributed by atoms with Gasteiger partial charge in [-0.2, -0.15) is 0 Å². The Bertz CT molecular complexity index is 1670. The lowest BCUT2D eigenvalue weighted by atomic mass is 9.95. The maximum absolute atomic E-state index is 13.9. The van der Waals surface area contributed by atoms with E-state index in [-0.39, 0.29) is 17.7 Å². The van der Waals surface area contributed by atoms with Crippen LogP contribution in [0, 0.1) is 3.57 Å².